The van der Waals surface area contributed by atoms with Crippen molar-refractivity contribution in [3.63, 3.8) is 0 Å². The van der Waals surface area contributed by atoms with Crippen molar-refractivity contribution in [2.24, 2.45) is 5.92 Å². The molecule has 2 unspecified atom stereocenters. The fourth-order valence-electron chi connectivity index (χ4n) is 3.40. The van der Waals surface area contributed by atoms with E-state index in [1.165, 1.54) is 19.3 Å². The first-order valence-electron chi connectivity index (χ1n) is 6.78. The summed E-state index contributed by atoms with van der Waals surface area (Å²) in [5, 5.41) is 0. The van der Waals surface area contributed by atoms with Gasteiger partial charge in [0.2, 0.25) is 0 Å². The molecule has 2 fully saturated rings. The number of fused-ring (bicyclic) bond motifs is 1. The number of rotatable bonds is 1. The predicted molar refractivity (Wildman–Crippen MR) is 70.0 cm³/mol. The summed E-state index contributed by atoms with van der Waals surface area (Å²) in [6.07, 6.45) is 9.35. The first-order chi connectivity index (χ1) is 8.77. The second-order valence-electron chi connectivity index (χ2n) is 5.36. The molecule has 4 nitrogen and oxygen atoms in total. The normalized spacial score (nSPS) is 27.0. The maximum Gasteiger partial charge on any atom is 0.257 e. The molecule has 96 valence electrons. The van der Waals surface area contributed by atoms with Crippen LogP contribution in [0.3, 0.4) is 0 Å². The van der Waals surface area contributed by atoms with Crippen LogP contribution >= 0.6 is 0 Å². The molecule has 2 atom stereocenters. The topological polar surface area (TPSA) is 59.2 Å². The number of likely N-dealkylation sites (tertiary alicyclic amines) is 1. The molecular formula is C14H19N3O. The van der Waals surface area contributed by atoms with Gasteiger partial charge in [-0.1, -0.05) is 12.8 Å². The minimum atomic E-state index is 0.0648. The van der Waals surface area contributed by atoms with Gasteiger partial charge in [-0.2, -0.15) is 0 Å². The standard InChI is InChI=1S/C14H19N3O/c15-12-5-7-16-9-11(12)14(18)17-8-6-10-3-1-2-4-13(10)17/h5,7,9-10,13H,1-4,6,8H2,(H2,15,16). The highest BCUT2D eigenvalue weighted by atomic mass is 16.2. The lowest BCUT2D eigenvalue weighted by atomic mass is 9.85. The lowest BCUT2D eigenvalue weighted by Crippen LogP contribution is -2.39. The van der Waals surface area contributed by atoms with Crippen molar-refractivity contribution in [3.05, 3.63) is 24.0 Å². The Labute approximate surface area is 107 Å². The molecular weight excluding hydrogens is 226 g/mol. The van der Waals surface area contributed by atoms with E-state index in [0.29, 0.717) is 23.2 Å². The van der Waals surface area contributed by atoms with E-state index in [1.807, 2.05) is 4.90 Å². The van der Waals surface area contributed by atoms with Gasteiger partial charge in [0.25, 0.3) is 5.91 Å². The van der Waals surface area contributed by atoms with Gasteiger partial charge in [0, 0.05) is 30.7 Å². The van der Waals surface area contributed by atoms with Crippen LogP contribution in [0, 0.1) is 5.92 Å². The highest BCUT2D eigenvalue weighted by Crippen LogP contribution is 2.37. The first-order valence-corrected chi connectivity index (χ1v) is 6.78. The van der Waals surface area contributed by atoms with Gasteiger partial charge < -0.3 is 10.6 Å². The molecule has 1 aliphatic carbocycles. The van der Waals surface area contributed by atoms with Crippen molar-refractivity contribution in [3.8, 4) is 0 Å². The quantitative estimate of drug-likeness (QED) is 0.824. The maximum atomic E-state index is 12.5. The monoisotopic (exact) mass is 245 g/mol. The number of pyridine rings is 1. The van der Waals surface area contributed by atoms with E-state index >= 15 is 0 Å². The number of carbonyl (C=O) groups excluding carboxylic acids is 1. The van der Waals surface area contributed by atoms with Crippen LogP contribution in [0.15, 0.2) is 18.5 Å². The molecule has 18 heavy (non-hydrogen) atoms. The first kappa shape index (κ1) is 11.5. The van der Waals surface area contributed by atoms with Crippen LogP contribution in [0.5, 0.6) is 0 Å². The summed E-state index contributed by atoms with van der Waals surface area (Å²) in [7, 11) is 0. The summed E-state index contributed by atoms with van der Waals surface area (Å²) in [4.78, 5) is 18.6. The van der Waals surface area contributed by atoms with Crippen LogP contribution in [-0.4, -0.2) is 28.4 Å². The molecule has 4 heteroatoms. The number of aromatic nitrogens is 1. The van der Waals surface area contributed by atoms with Crippen molar-refractivity contribution in [1.82, 2.24) is 9.88 Å². The lowest BCUT2D eigenvalue weighted by molar-refractivity contribution is 0.0691. The zero-order valence-corrected chi connectivity index (χ0v) is 10.5. The van der Waals surface area contributed by atoms with Crippen LogP contribution < -0.4 is 5.73 Å². The Bertz CT molecular complexity index is 460. The summed E-state index contributed by atoms with van der Waals surface area (Å²) < 4.78 is 0. The van der Waals surface area contributed by atoms with Gasteiger partial charge in [-0.15, -0.1) is 0 Å². The molecule has 2 N–H and O–H groups in total. The number of amides is 1. The highest BCUT2D eigenvalue weighted by Gasteiger charge is 2.38. The second kappa shape index (κ2) is 4.59. The molecule has 1 saturated carbocycles. The van der Waals surface area contributed by atoms with E-state index in [9.17, 15) is 4.79 Å². The molecule has 0 aromatic carbocycles. The van der Waals surface area contributed by atoms with E-state index in [-0.39, 0.29) is 5.91 Å². The molecule has 1 aliphatic heterocycles. The molecule has 1 aromatic rings. The molecule has 0 radical (unpaired) electrons. The largest absolute Gasteiger partial charge is 0.398 e. The van der Waals surface area contributed by atoms with Crippen LogP contribution in [0.2, 0.25) is 0 Å². The van der Waals surface area contributed by atoms with Crippen LogP contribution in [0.1, 0.15) is 42.5 Å². The molecule has 0 spiro atoms. The average molecular weight is 245 g/mol. The van der Waals surface area contributed by atoms with E-state index in [4.69, 9.17) is 5.73 Å². The summed E-state index contributed by atoms with van der Waals surface area (Å²) in [6.45, 7) is 0.877. The van der Waals surface area contributed by atoms with Crippen molar-refractivity contribution in [2.75, 3.05) is 12.3 Å². The Morgan fingerprint density at radius 2 is 2.17 bits per heavy atom. The van der Waals surface area contributed by atoms with Gasteiger partial charge in [-0.05, 0) is 31.2 Å². The summed E-state index contributed by atoms with van der Waals surface area (Å²) in [5.41, 5.74) is 6.96. The number of hydrogen-bond donors (Lipinski definition) is 1. The smallest absolute Gasteiger partial charge is 0.257 e. The molecule has 3 rings (SSSR count). The van der Waals surface area contributed by atoms with E-state index < -0.39 is 0 Å². The number of anilines is 1. The number of nitrogens with zero attached hydrogens (tertiary/aromatic N) is 2. The van der Waals surface area contributed by atoms with Crippen LogP contribution in [-0.2, 0) is 0 Å². The zero-order chi connectivity index (χ0) is 12.5. The minimum absolute atomic E-state index is 0.0648. The van der Waals surface area contributed by atoms with Crippen molar-refractivity contribution in [2.45, 2.75) is 38.1 Å². The summed E-state index contributed by atoms with van der Waals surface area (Å²) in [6, 6.07) is 2.13. The Kier molecular flexibility index (Phi) is 2.94. The molecule has 1 aromatic heterocycles. The van der Waals surface area contributed by atoms with Crippen LogP contribution in [0.25, 0.3) is 0 Å². The summed E-state index contributed by atoms with van der Waals surface area (Å²) >= 11 is 0. The summed E-state index contributed by atoms with van der Waals surface area (Å²) in [5.74, 6) is 0.774. The number of nitrogens with two attached hydrogens (primary N) is 1. The van der Waals surface area contributed by atoms with E-state index in [0.717, 1.165) is 19.4 Å². The Balaban J connectivity index is 1.83. The minimum Gasteiger partial charge on any atom is -0.398 e. The maximum absolute atomic E-state index is 12.5. The van der Waals surface area contributed by atoms with Gasteiger partial charge in [0.15, 0.2) is 0 Å². The number of carbonyl (C=O) groups is 1. The van der Waals surface area contributed by atoms with Crippen molar-refractivity contribution < 1.29 is 4.79 Å². The molecule has 1 amide bonds. The number of nitrogen functional groups attached to an aromatic ring is 1. The van der Waals surface area contributed by atoms with Gasteiger partial charge in [0.1, 0.15) is 0 Å². The SMILES string of the molecule is Nc1ccncc1C(=O)N1CCC2CCCCC21. The third-order valence-corrected chi connectivity index (χ3v) is 4.36. The Hall–Kier alpha value is -1.58. The average Bonchev–Trinajstić information content (AvgIpc) is 2.82. The molecule has 0 bridgehead atoms. The highest BCUT2D eigenvalue weighted by molar-refractivity contribution is 5.99. The van der Waals surface area contributed by atoms with Gasteiger partial charge in [-0.25, -0.2) is 0 Å². The molecule has 2 heterocycles. The van der Waals surface area contributed by atoms with Crippen molar-refractivity contribution in [1.29, 1.82) is 0 Å². The van der Waals surface area contributed by atoms with E-state index in [2.05, 4.69) is 4.98 Å². The zero-order valence-electron chi connectivity index (χ0n) is 10.5. The lowest BCUT2D eigenvalue weighted by Gasteiger charge is -2.31. The fourth-order valence-corrected chi connectivity index (χ4v) is 3.40. The fraction of sp³-hybridized carbons (Fsp3) is 0.571. The van der Waals surface area contributed by atoms with Crippen LogP contribution in [0.4, 0.5) is 5.69 Å². The number of hydrogen-bond acceptors (Lipinski definition) is 3. The second-order valence-corrected chi connectivity index (χ2v) is 5.36. The molecule has 1 saturated heterocycles. The Morgan fingerprint density at radius 1 is 1.33 bits per heavy atom. The van der Waals surface area contributed by atoms with Gasteiger partial charge in [-0.3, -0.25) is 9.78 Å². The molecule has 2 aliphatic rings. The third kappa shape index (κ3) is 1.85. The Morgan fingerprint density at radius 3 is 3.00 bits per heavy atom. The van der Waals surface area contributed by atoms with Crippen molar-refractivity contribution >= 4 is 11.6 Å². The van der Waals surface area contributed by atoms with Gasteiger partial charge >= 0.3 is 0 Å². The third-order valence-electron chi connectivity index (χ3n) is 4.36. The van der Waals surface area contributed by atoms with Gasteiger partial charge in [0.05, 0.1) is 5.56 Å². The van der Waals surface area contributed by atoms with E-state index in [1.54, 1.807) is 18.5 Å². The predicted octanol–water partition coefficient (Wildman–Crippen LogP) is 2.07.